The molecule has 1 heterocycles. The molecule has 2 heteroatoms. The third kappa shape index (κ3) is 3.42. The number of hydrogen-bond acceptors (Lipinski definition) is 2. The van der Waals surface area contributed by atoms with Crippen LogP contribution in [0.5, 0.6) is 0 Å². The second-order valence-electron chi connectivity index (χ2n) is 6.59. The van der Waals surface area contributed by atoms with Gasteiger partial charge in [0.05, 0.1) is 0 Å². The summed E-state index contributed by atoms with van der Waals surface area (Å²) in [7, 11) is 0. The van der Waals surface area contributed by atoms with E-state index in [0.29, 0.717) is 12.1 Å². The van der Waals surface area contributed by atoms with E-state index in [1.54, 1.807) is 0 Å². The van der Waals surface area contributed by atoms with Crippen LogP contribution < -0.4 is 5.73 Å². The van der Waals surface area contributed by atoms with Gasteiger partial charge in [-0.15, -0.1) is 0 Å². The Hall–Kier alpha value is -0.860. The summed E-state index contributed by atoms with van der Waals surface area (Å²) in [5, 5.41) is 0. The van der Waals surface area contributed by atoms with Crippen molar-refractivity contribution < 1.29 is 0 Å². The molecular formula is C18H30N2. The minimum Gasteiger partial charge on any atom is -0.323 e. The van der Waals surface area contributed by atoms with Crippen LogP contribution in [0.15, 0.2) is 24.3 Å². The Balaban J connectivity index is 2.08. The first-order chi connectivity index (χ1) is 9.52. The molecule has 4 atom stereocenters. The summed E-state index contributed by atoms with van der Waals surface area (Å²) in [6.07, 6.45) is 3.74. The molecule has 0 bridgehead atoms. The normalized spacial score (nSPS) is 27.2. The van der Waals surface area contributed by atoms with E-state index in [4.69, 9.17) is 5.73 Å². The number of benzene rings is 1. The van der Waals surface area contributed by atoms with Crippen molar-refractivity contribution >= 4 is 0 Å². The fourth-order valence-electron chi connectivity index (χ4n) is 3.35. The maximum Gasteiger partial charge on any atom is 0.0450 e. The molecule has 0 saturated carbocycles. The van der Waals surface area contributed by atoms with Crippen LogP contribution in [0.3, 0.4) is 0 Å². The quantitative estimate of drug-likeness (QED) is 0.906. The molecule has 0 aliphatic carbocycles. The van der Waals surface area contributed by atoms with E-state index in [0.717, 1.165) is 12.3 Å². The fraction of sp³-hybridized carbons (Fsp3) is 0.667. The van der Waals surface area contributed by atoms with Crippen molar-refractivity contribution in [2.75, 3.05) is 6.54 Å². The first-order valence-electron chi connectivity index (χ1n) is 8.13. The van der Waals surface area contributed by atoms with Crippen LogP contribution in [0.1, 0.15) is 57.7 Å². The minimum atomic E-state index is 0.105. The molecule has 2 nitrogen and oxygen atoms in total. The SMILES string of the molecule is CCc1ccc(C(N)C(C)N2CC(C)CCC2C)cc1. The van der Waals surface area contributed by atoms with Crippen LogP contribution in [0.25, 0.3) is 0 Å². The van der Waals surface area contributed by atoms with Crippen LogP contribution in [-0.4, -0.2) is 23.5 Å². The molecule has 1 aliphatic rings. The van der Waals surface area contributed by atoms with Crippen molar-refractivity contribution in [1.82, 2.24) is 4.90 Å². The van der Waals surface area contributed by atoms with E-state index in [-0.39, 0.29) is 6.04 Å². The van der Waals surface area contributed by atoms with Gasteiger partial charge in [-0.05, 0) is 50.2 Å². The molecule has 1 aromatic rings. The molecule has 1 aromatic carbocycles. The number of nitrogens with two attached hydrogens (primary N) is 1. The van der Waals surface area contributed by atoms with Gasteiger partial charge in [-0.1, -0.05) is 38.1 Å². The molecule has 112 valence electrons. The predicted molar refractivity (Wildman–Crippen MR) is 86.8 cm³/mol. The summed E-state index contributed by atoms with van der Waals surface area (Å²) >= 11 is 0. The van der Waals surface area contributed by atoms with Crippen molar-refractivity contribution in [2.45, 2.75) is 65.1 Å². The second kappa shape index (κ2) is 6.73. The minimum absolute atomic E-state index is 0.105. The monoisotopic (exact) mass is 274 g/mol. The van der Waals surface area contributed by atoms with Gasteiger partial charge in [-0.2, -0.15) is 0 Å². The molecule has 0 aromatic heterocycles. The Morgan fingerprint density at radius 2 is 1.85 bits per heavy atom. The summed E-state index contributed by atoms with van der Waals surface area (Å²) in [5.74, 6) is 0.795. The highest BCUT2D eigenvalue weighted by Gasteiger charge is 2.30. The lowest BCUT2D eigenvalue weighted by Gasteiger charge is -2.43. The Morgan fingerprint density at radius 3 is 2.45 bits per heavy atom. The van der Waals surface area contributed by atoms with E-state index in [1.807, 2.05) is 0 Å². The third-order valence-corrected chi connectivity index (χ3v) is 4.98. The third-order valence-electron chi connectivity index (χ3n) is 4.98. The number of piperidine rings is 1. The average Bonchev–Trinajstić information content (AvgIpc) is 2.48. The van der Waals surface area contributed by atoms with E-state index in [9.17, 15) is 0 Å². The molecule has 0 amide bonds. The van der Waals surface area contributed by atoms with Gasteiger partial charge in [0.2, 0.25) is 0 Å². The second-order valence-corrected chi connectivity index (χ2v) is 6.59. The van der Waals surface area contributed by atoms with E-state index < -0.39 is 0 Å². The molecule has 2 N–H and O–H groups in total. The summed E-state index contributed by atoms with van der Waals surface area (Å²) < 4.78 is 0. The van der Waals surface area contributed by atoms with Gasteiger partial charge in [0.1, 0.15) is 0 Å². The van der Waals surface area contributed by atoms with Gasteiger partial charge in [-0.3, -0.25) is 4.90 Å². The molecule has 4 unspecified atom stereocenters. The zero-order valence-electron chi connectivity index (χ0n) is 13.5. The van der Waals surface area contributed by atoms with Crippen LogP contribution >= 0.6 is 0 Å². The van der Waals surface area contributed by atoms with E-state index in [2.05, 4.69) is 56.9 Å². The molecular weight excluding hydrogens is 244 g/mol. The first kappa shape index (κ1) is 15.5. The highest BCUT2D eigenvalue weighted by atomic mass is 15.2. The van der Waals surface area contributed by atoms with E-state index >= 15 is 0 Å². The van der Waals surface area contributed by atoms with Crippen molar-refractivity contribution in [3.05, 3.63) is 35.4 Å². The Bertz CT molecular complexity index is 412. The molecule has 20 heavy (non-hydrogen) atoms. The zero-order chi connectivity index (χ0) is 14.7. The number of aryl methyl sites for hydroxylation is 1. The predicted octanol–water partition coefficient (Wildman–Crippen LogP) is 3.76. The van der Waals surface area contributed by atoms with Crippen molar-refractivity contribution in [2.24, 2.45) is 11.7 Å². The van der Waals surface area contributed by atoms with Crippen LogP contribution in [0.2, 0.25) is 0 Å². The van der Waals surface area contributed by atoms with Crippen molar-refractivity contribution in [3.8, 4) is 0 Å². The van der Waals surface area contributed by atoms with Gasteiger partial charge in [0, 0.05) is 24.7 Å². The molecule has 1 fully saturated rings. The largest absolute Gasteiger partial charge is 0.323 e. The summed E-state index contributed by atoms with van der Waals surface area (Å²) in [6.45, 7) is 10.4. The Kier molecular flexibility index (Phi) is 5.22. The number of rotatable bonds is 4. The summed E-state index contributed by atoms with van der Waals surface area (Å²) in [5.41, 5.74) is 9.17. The number of likely N-dealkylation sites (tertiary alicyclic amines) is 1. The van der Waals surface area contributed by atoms with Gasteiger partial charge < -0.3 is 5.73 Å². The average molecular weight is 274 g/mol. The van der Waals surface area contributed by atoms with E-state index in [1.165, 1.54) is 30.5 Å². The highest BCUT2D eigenvalue weighted by molar-refractivity contribution is 5.25. The van der Waals surface area contributed by atoms with Crippen LogP contribution in [-0.2, 0) is 6.42 Å². The van der Waals surface area contributed by atoms with Crippen molar-refractivity contribution in [3.63, 3.8) is 0 Å². The number of hydrogen-bond donors (Lipinski definition) is 1. The Morgan fingerprint density at radius 1 is 1.20 bits per heavy atom. The zero-order valence-corrected chi connectivity index (χ0v) is 13.5. The summed E-state index contributed by atoms with van der Waals surface area (Å²) in [4.78, 5) is 2.60. The lowest BCUT2D eigenvalue weighted by Crippen LogP contribution is -2.50. The van der Waals surface area contributed by atoms with Crippen molar-refractivity contribution in [1.29, 1.82) is 0 Å². The van der Waals surface area contributed by atoms with Crippen LogP contribution in [0, 0.1) is 5.92 Å². The summed E-state index contributed by atoms with van der Waals surface area (Å²) in [6, 6.07) is 10.0. The van der Waals surface area contributed by atoms with Gasteiger partial charge >= 0.3 is 0 Å². The molecule has 2 rings (SSSR count). The molecule has 1 aliphatic heterocycles. The topological polar surface area (TPSA) is 29.3 Å². The maximum absolute atomic E-state index is 6.53. The Labute approximate surface area is 124 Å². The molecule has 0 spiro atoms. The first-order valence-corrected chi connectivity index (χ1v) is 8.13. The van der Waals surface area contributed by atoms with Gasteiger partial charge in [-0.25, -0.2) is 0 Å². The standard InChI is InChI=1S/C18H30N2/c1-5-16-8-10-17(11-9-16)18(19)15(4)20-12-13(2)6-7-14(20)3/h8-11,13-15,18H,5-7,12,19H2,1-4H3. The molecule has 1 saturated heterocycles. The fourth-order valence-corrected chi connectivity index (χ4v) is 3.35. The lowest BCUT2D eigenvalue weighted by molar-refractivity contribution is 0.0723. The van der Waals surface area contributed by atoms with Crippen LogP contribution in [0.4, 0.5) is 0 Å². The van der Waals surface area contributed by atoms with Gasteiger partial charge in [0.25, 0.3) is 0 Å². The lowest BCUT2D eigenvalue weighted by atomic mass is 9.90. The smallest absolute Gasteiger partial charge is 0.0450 e. The number of nitrogens with zero attached hydrogens (tertiary/aromatic N) is 1. The highest BCUT2D eigenvalue weighted by Crippen LogP contribution is 2.28. The van der Waals surface area contributed by atoms with Gasteiger partial charge in [0.15, 0.2) is 0 Å². The molecule has 0 radical (unpaired) electrons. The maximum atomic E-state index is 6.53.